The van der Waals surface area contributed by atoms with Gasteiger partial charge in [0.1, 0.15) is 0 Å². The Morgan fingerprint density at radius 3 is 3.14 bits per heavy atom. The molecule has 1 aromatic carbocycles. The minimum absolute atomic E-state index is 0.0348. The van der Waals surface area contributed by atoms with Crippen LogP contribution in [0.4, 0.5) is 4.79 Å². The largest absolute Gasteiger partial charge is 0.381 e. The molecule has 1 aromatic rings. The van der Waals surface area contributed by atoms with Crippen molar-refractivity contribution in [3.05, 3.63) is 29.8 Å². The molecule has 1 atom stereocenters. The number of amides is 2. The topological polar surface area (TPSA) is 41.6 Å². The quantitative estimate of drug-likeness (QED) is 0.618. The van der Waals surface area contributed by atoms with Gasteiger partial charge in [-0.25, -0.2) is 4.79 Å². The lowest BCUT2D eigenvalue weighted by molar-refractivity contribution is 0.102. The predicted molar refractivity (Wildman–Crippen MR) is 91.2 cm³/mol. The molecule has 2 amide bonds. The Morgan fingerprint density at radius 2 is 2.36 bits per heavy atom. The van der Waals surface area contributed by atoms with Gasteiger partial charge in [0.05, 0.1) is 6.61 Å². The number of hydrogen-bond acceptors (Lipinski definition) is 3. The lowest BCUT2D eigenvalue weighted by atomic mass is 10.1. The van der Waals surface area contributed by atoms with Gasteiger partial charge in [-0.2, -0.15) is 0 Å². The van der Waals surface area contributed by atoms with Gasteiger partial charge < -0.3 is 15.0 Å². The van der Waals surface area contributed by atoms with E-state index < -0.39 is 0 Å². The zero-order chi connectivity index (χ0) is 15.8. The SMILES string of the molecule is CCCOC[C@@H]1CCN(C(=O)NCc2cccc(SC)c2)C1. The number of hydrogen-bond donors (Lipinski definition) is 1. The number of urea groups is 1. The first kappa shape index (κ1) is 17.2. The third kappa shape index (κ3) is 5.21. The van der Waals surface area contributed by atoms with Crippen LogP contribution in [0.5, 0.6) is 0 Å². The fourth-order valence-corrected chi connectivity index (χ4v) is 3.10. The summed E-state index contributed by atoms with van der Waals surface area (Å²) >= 11 is 1.72. The van der Waals surface area contributed by atoms with E-state index in [1.807, 2.05) is 17.0 Å². The molecule has 5 heteroatoms. The van der Waals surface area contributed by atoms with Gasteiger partial charge >= 0.3 is 6.03 Å². The molecular weight excluding hydrogens is 296 g/mol. The molecule has 22 heavy (non-hydrogen) atoms. The first-order valence-corrected chi connectivity index (χ1v) is 9.18. The van der Waals surface area contributed by atoms with Gasteiger partial charge in [0.2, 0.25) is 0 Å². The van der Waals surface area contributed by atoms with E-state index in [2.05, 4.69) is 30.6 Å². The van der Waals surface area contributed by atoms with Crippen molar-refractivity contribution in [2.24, 2.45) is 5.92 Å². The fourth-order valence-electron chi connectivity index (χ4n) is 2.62. The van der Waals surface area contributed by atoms with E-state index in [1.54, 1.807) is 11.8 Å². The van der Waals surface area contributed by atoms with E-state index in [0.717, 1.165) is 44.7 Å². The lowest BCUT2D eigenvalue weighted by Gasteiger charge is -2.17. The summed E-state index contributed by atoms with van der Waals surface area (Å²) in [6.07, 6.45) is 4.15. The average Bonchev–Trinajstić information content (AvgIpc) is 3.02. The number of ether oxygens (including phenoxy) is 1. The first-order chi connectivity index (χ1) is 10.7. The molecule has 1 saturated heterocycles. The maximum atomic E-state index is 12.2. The Hall–Kier alpha value is -1.20. The lowest BCUT2D eigenvalue weighted by Crippen LogP contribution is -2.38. The van der Waals surface area contributed by atoms with Crippen LogP contribution in [0.3, 0.4) is 0 Å². The van der Waals surface area contributed by atoms with E-state index in [9.17, 15) is 4.79 Å². The smallest absolute Gasteiger partial charge is 0.317 e. The molecule has 4 nitrogen and oxygen atoms in total. The number of rotatable bonds is 7. The van der Waals surface area contributed by atoms with Gasteiger partial charge in [-0.3, -0.25) is 0 Å². The second-order valence-corrected chi connectivity index (χ2v) is 6.57. The van der Waals surface area contributed by atoms with E-state index in [0.29, 0.717) is 12.5 Å². The van der Waals surface area contributed by atoms with Crippen LogP contribution in [0, 0.1) is 5.92 Å². The number of likely N-dealkylation sites (tertiary alicyclic amines) is 1. The minimum atomic E-state index is 0.0348. The molecule has 1 aliphatic heterocycles. The normalized spacial score (nSPS) is 17.7. The van der Waals surface area contributed by atoms with Crippen LogP contribution >= 0.6 is 11.8 Å². The zero-order valence-corrected chi connectivity index (χ0v) is 14.3. The van der Waals surface area contributed by atoms with Crippen molar-refractivity contribution in [1.82, 2.24) is 10.2 Å². The van der Waals surface area contributed by atoms with Gasteiger partial charge in [-0.1, -0.05) is 19.1 Å². The maximum Gasteiger partial charge on any atom is 0.317 e. The van der Waals surface area contributed by atoms with Crippen molar-refractivity contribution in [3.63, 3.8) is 0 Å². The molecule has 0 bridgehead atoms. The highest BCUT2D eigenvalue weighted by atomic mass is 32.2. The van der Waals surface area contributed by atoms with Crippen molar-refractivity contribution in [2.75, 3.05) is 32.6 Å². The third-order valence-corrected chi connectivity index (χ3v) is 4.58. The molecule has 1 heterocycles. The van der Waals surface area contributed by atoms with Crippen LogP contribution in [-0.4, -0.2) is 43.5 Å². The summed E-state index contributed by atoms with van der Waals surface area (Å²) in [5, 5.41) is 3.02. The third-order valence-electron chi connectivity index (χ3n) is 3.85. The van der Waals surface area contributed by atoms with Crippen LogP contribution in [-0.2, 0) is 11.3 Å². The number of nitrogens with one attached hydrogen (secondary N) is 1. The van der Waals surface area contributed by atoms with E-state index >= 15 is 0 Å². The number of nitrogens with zero attached hydrogens (tertiary/aromatic N) is 1. The number of carbonyl (C=O) groups is 1. The Bertz CT molecular complexity index is 481. The van der Waals surface area contributed by atoms with E-state index in [1.165, 1.54) is 4.90 Å². The summed E-state index contributed by atoms with van der Waals surface area (Å²) in [5.74, 6) is 0.483. The molecule has 2 rings (SSSR count). The van der Waals surface area contributed by atoms with Gasteiger partial charge in [0, 0.05) is 37.1 Å². The minimum Gasteiger partial charge on any atom is -0.381 e. The van der Waals surface area contributed by atoms with Crippen molar-refractivity contribution in [2.45, 2.75) is 31.2 Å². The predicted octanol–water partition coefficient (Wildman–Crippen LogP) is 3.37. The summed E-state index contributed by atoms with van der Waals surface area (Å²) in [6.45, 7) is 5.92. The highest BCUT2D eigenvalue weighted by Gasteiger charge is 2.26. The van der Waals surface area contributed by atoms with Crippen molar-refractivity contribution in [3.8, 4) is 0 Å². The summed E-state index contributed by atoms with van der Waals surface area (Å²) in [4.78, 5) is 15.3. The standard InChI is InChI=1S/C17H26N2O2S/c1-3-9-21-13-15-7-8-19(12-15)17(20)18-11-14-5-4-6-16(10-14)22-2/h4-6,10,15H,3,7-9,11-13H2,1-2H3,(H,18,20)/t15-/m1/s1. The zero-order valence-electron chi connectivity index (χ0n) is 13.5. The molecule has 0 aliphatic carbocycles. The molecule has 122 valence electrons. The monoisotopic (exact) mass is 322 g/mol. The van der Waals surface area contributed by atoms with Gasteiger partial charge in [0.15, 0.2) is 0 Å². The van der Waals surface area contributed by atoms with Gasteiger partial charge in [-0.05, 0) is 36.8 Å². The van der Waals surface area contributed by atoms with Gasteiger partial charge in [-0.15, -0.1) is 11.8 Å². The van der Waals surface area contributed by atoms with Crippen LogP contribution < -0.4 is 5.32 Å². The van der Waals surface area contributed by atoms with E-state index in [4.69, 9.17) is 4.74 Å². The first-order valence-electron chi connectivity index (χ1n) is 7.96. The summed E-state index contributed by atoms with van der Waals surface area (Å²) < 4.78 is 5.59. The molecule has 1 fully saturated rings. The summed E-state index contributed by atoms with van der Waals surface area (Å²) in [5.41, 5.74) is 1.14. The fraction of sp³-hybridized carbons (Fsp3) is 0.588. The average molecular weight is 322 g/mol. The van der Waals surface area contributed by atoms with Crippen LogP contribution in [0.2, 0.25) is 0 Å². The summed E-state index contributed by atoms with van der Waals surface area (Å²) in [7, 11) is 0. The van der Waals surface area contributed by atoms with Crippen molar-refractivity contribution >= 4 is 17.8 Å². The van der Waals surface area contributed by atoms with Crippen LogP contribution in [0.1, 0.15) is 25.3 Å². The molecule has 0 spiro atoms. The molecule has 1 N–H and O–H groups in total. The maximum absolute atomic E-state index is 12.2. The number of thioether (sulfide) groups is 1. The highest BCUT2D eigenvalue weighted by molar-refractivity contribution is 7.98. The molecule has 0 radical (unpaired) electrons. The Balaban J connectivity index is 1.73. The van der Waals surface area contributed by atoms with Crippen LogP contribution in [0.15, 0.2) is 29.2 Å². The molecule has 1 aliphatic rings. The van der Waals surface area contributed by atoms with Gasteiger partial charge in [0.25, 0.3) is 0 Å². The van der Waals surface area contributed by atoms with Crippen molar-refractivity contribution < 1.29 is 9.53 Å². The Kier molecular flexibility index (Phi) is 7.06. The Morgan fingerprint density at radius 1 is 1.50 bits per heavy atom. The number of carbonyl (C=O) groups excluding carboxylic acids is 1. The Labute approximate surface area is 137 Å². The molecule has 0 aromatic heterocycles. The molecule has 0 saturated carbocycles. The molecular formula is C17H26N2O2S. The van der Waals surface area contributed by atoms with Crippen molar-refractivity contribution in [1.29, 1.82) is 0 Å². The second-order valence-electron chi connectivity index (χ2n) is 5.69. The summed E-state index contributed by atoms with van der Waals surface area (Å²) in [6, 6.07) is 8.32. The van der Waals surface area contributed by atoms with E-state index in [-0.39, 0.29) is 6.03 Å². The molecule has 0 unspecified atom stereocenters. The number of benzene rings is 1. The van der Waals surface area contributed by atoms with Crippen LogP contribution in [0.25, 0.3) is 0 Å². The second kappa shape index (κ2) is 9.06. The highest BCUT2D eigenvalue weighted by Crippen LogP contribution is 2.18.